The van der Waals surface area contributed by atoms with Crippen LogP contribution in [0.15, 0.2) is 30.3 Å². The maximum absolute atomic E-state index is 6.28. The second-order valence-electron chi connectivity index (χ2n) is 8.98. The summed E-state index contributed by atoms with van der Waals surface area (Å²) in [6.07, 6.45) is 1.27. The fourth-order valence-electron chi connectivity index (χ4n) is 3.38. The third kappa shape index (κ3) is 6.90. The van der Waals surface area contributed by atoms with Crippen molar-refractivity contribution in [3.63, 3.8) is 0 Å². The Morgan fingerprint density at radius 1 is 0.893 bits per heavy atom. The van der Waals surface area contributed by atoms with Gasteiger partial charge in [0.1, 0.15) is 0 Å². The van der Waals surface area contributed by atoms with Crippen LogP contribution in [-0.2, 0) is 17.7 Å². The number of benzene rings is 1. The Morgan fingerprint density at radius 2 is 1.36 bits per heavy atom. The highest BCUT2D eigenvalue weighted by Crippen LogP contribution is 2.38. The number of hydrogen-bond donors (Lipinski definition) is 0. The van der Waals surface area contributed by atoms with E-state index in [0.717, 1.165) is 5.19 Å². The van der Waals surface area contributed by atoms with Gasteiger partial charge < -0.3 is 17.7 Å². The monoisotopic (exact) mass is 442 g/mol. The molecule has 0 N–H and O–H groups in total. The van der Waals surface area contributed by atoms with E-state index >= 15 is 0 Å². The average molecular weight is 443 g/mol. The van der Waals surface area contributed by atoms with E-state index in [2.05, 4.69) is 40.0 Å². The quantitative estimate of drug-likeness (QED) is 0.549. The SMILES string of the molecule is CC1(C)CC[Si](C)(C)[Si](C)(C)O1.CCO[Si](OCC)(OCC)c1ccccc1. The average Bonchev–Trinajstić information content (AvgIpc) is 2.60. The van der Waals surface area contributed by atoms with Crippen molar-refractivity contribution in [1.82, 2.24) is 0 Å². The molecule has 0 saturated carbocycles. The molecular weight excluding hydrogens is 400 g/mol. The molecule has 28 heavy (non-hydrogen) atoms. The Labute approximate surface area is 176 Å². The summed E-state index contributed by atoms with van der Waals surface area (Å²) in [5.41, 5.74) is 0.165. The molecule has 2 rings (SSSR count). The second kappa shape index (κ2) is 10.7. The Kier molecular flexibility index (Phi) is 9.80. The minimum absolute atomic E-state index is 0.165. The van der Waals surface area contributed by atoms with Crippen LogP contribution in [0.25, 0.3) is 0 Å². The van der Waals surface area contributed by atoms with E-state index in [1.165, 1.54) is 12.5 Å². The van der Waals surface area contributed by atoms with Gasteiger partial charge in [0.05, 0.1) is 13.2 Å². The van der Waals surface area contributed by atoms with Gasteiger partial charge in [-0.05, 0) is 54.1 Å². The minimum atomic E-state index is -2.67. The lowest BCUT2D eigenvalue weighted by Gasteiger charge is -2.49. The predicted molar refractivity (Wildman–Crippen MR) is 126 cm³/mol. The largest absolute Gasteiger partial charge is 0.537 e. The lowest BCUT2D eigenvalue weighted by atomic mass is 10.1. The van der Waals surface area contributed by atoms with Crippen LogP contribution in [0.3, 0.4) is 0 Å². The maximum Gasteiger partial charge on any atom is 0.537 e. The molecule has 0 bridgehead atoms. The van der Waals surface area contributed by atoms with Crippen molar-refractivity contribution < 1.29 is 17.7 Å². The Bertz CT molecular complexity index is 559. The second-order valence-corrected chi connectivity index (χ2v) is 26.7. The number of rotatable bonds is 7. The predicted octanol–water partition coefficient (Wildman–Crippen LogP) is 5.12. The van der Waals surface area contributed by atoms with Crippen LogP contribution in [-0.4, -0.2) is 49.7 Å². The van der Waals surface area contributed by atoms with Gasteiger partial charge in [0.2, 0.25) is 0 Å². The highest BCUT2D eigenvalue weighted by atomic mass is 29.3. The van der Waals surface area contributed by atoms with Crippen molar-refractivity contribution in [3.05, 3.63) is 30.3 Å². The van der Waals surface area contributed by atoms with E-state index in [1.54, 1.807) is 0 Å². The minimum Gasteiger partial charge on any atom is -0.415 e. The Morgan fingerprint density at radius 3 is 1.71 bits per heavy atom. The number of hydrogen-bond acceptors (Lipinski definition) is 4. The van der Waals surface area contributed by atoms with E-state index in [-0.39, 0.29) is 5.60 Å². The first-order valence-electron chi connectivity index (χ1n) is 10.6. The first-order valence-corrected chi connectivity index (χ1v) is 19.5. The molecule has 0 aromatic heterocycles. The van der Waals surface area contributed by atoms with Crippen molar-refractivity contribution in [1.29, 1.82) is 0 Å². The smallest absolute Gasteiger partial charge is 0.415 e. The van der Waals surface area contributed by atoms with E-state index in [1.807, 2.05) is 51.1 Å². The zero-order valence-corrected chi connectivity index (χ0v) is 22.6. The molecule has 0 amide bonds. The van der Waals surface area contributed by atoms with Crippen LogP contribution in [0.5, 0.6) is 0 Å². The molecule has 0 radical (unpaired) electrons. The van der Waals surface area contributed by atoms with Crippen LogP contribution in [0, 0.1) is 0 Å². The van der Waals surface area contributed by atoms with Gasteiger partial charge in [-0.25, -0.2) is 0 Å². The topological polar surface area (TPSA) is 36.9 Å². The van der Waals surface area contributed by atoms with Crippen LogP contribution in [0.2, 0.25) is 32.2 Å². The molecule has 1 fully saturated rings. The maximum atomic E-state index is 6.28. The van der Waals surface area contributed by atoms with Crippen molar-refractivity contribution in [3.8, 4) is 0 Å². The normalized spacial score (nSPS) is 20.2. The first-order chi connectivity index (χ1) is 13.0. The first kappa shape index (κ1) is 25.7. The van der Waals surface area contributed by atoms with E-state index in [0.29, 0.717) is 19.8 Å². The van der Waals surface area contributed by atoms with Gasteiger partial charge in [0, 0.05) is 25.0 Å². The summed E-state index contributed by atoms with van der Waals surface area (Å²) in [7, 11) is -4.98. The van der Waals surface area contributed by atoms with E-state index in [9.17, 15) is 0 Å². The molecule has 0 unspecified atom stereocenters. The molecule has 1 aromatic carbocycles. The van der Waals surface area contributed by atoms with Crippen molar-refractivity contribution in [2.75, 3.05) is 19.8 Å². The molecule has 4 nitrogen and oxygen atoms in total. The molecule has 1 aromatic rings. The van der Waals surface area contributed by atoms with Crippen molar-refractivity contribution >= 4 is 29.4 Å². The highest BCUT2D eigenvalue weighted by molar-refractivity contribution is 7.38. The summed E-state index contributed by atoms with van der Waals surface area (Å²) in [6.45, 7) is 22.0. The van der Waals surface area contributed by atoms with Crippen LogP contribution >= 0.6 is 0 Å². The van der Waals surface area contributed by atoms with Crippen LogP contribution in [0.4, 0.5) is 0 Å². The van der Waals surface area contributed by atoms with Crippen LogP contribution in [0.1, 0.15) is 41.0 Å². The zero-order valence-electron chi connectivity index (χ0n) is 19.6. The van der Waals surface area contributed by atoms with Gasteiger partial charge in [-0.3, -0.25) is 0 Å². The summed E-state index contributed by atoms with van der Waals surface area (Å²) in [5.74, 6) is 0. The molecule has 1 aliphatic rings. The summed E-state index contributed by atoms with van der Waals surface area (Å²) >= 11 is 0. The van der Waals surface area contributed by atoms with Crippen molar-refractivity contribution in [2.45, 2.75) is 78.9 Å². The molecule has 0 spiro atoms. The van der Waals surface area contributed by atoms with Gasteiger partial charge >= 0.3 is 8.80 Å². The molecule has 1 aliphatic heterocycles. The summed E-state index contributed by atoms with van der Waals surface area (Å²) < 4.78 is 23.6. The summed E-state index contributed by atoms with van der Waals surface area (Å²) in [4.78, 5) is 0. The standard InChI is InChI=1S/C12H20O3Si.C9H22OSi2/c1-4-13-16(14-5-2,15-6-3)12-10-8-7-9-11-12;1-9(2)7-8-11(3,4)12(5,6)10-9/h7-11H,4-6H2,1-3H3;7-8H2,1-6H3. The van der Waals surface area contributed by atoms with E-state index < -0.39 is 24.2 Å². The van der Waals surface area contributed by atoms with Gasteiger partial charge in [-0.15, -0.1) is 0 Å². The molecule has 162 valence electrons. The third-order valence-corrected chi connectivity index (χ3v) is 25.3. The lowest BCUT2D eigenvalue weighted by Crippen LogP contribution is -2.63. The highest BCUT2D eigenvalue weighted by Gasteiger charge is 2.49. The summed E-state index contributed by atoms with van der Waals surface area (Å²) in [6, 6.07) is 11.4. The van der Waals surface area contributed by atoms with E-state index in [4.69, 9.17) is 17.7 Å². The molecule has 0 aliphatic carbocycles. The van der Waals surface area contributed by atoms with Gasteiger partial charge in [-0.1, -0.05) is 49.5 Å². The van der Waals surface area contributed by atoms with Crippen LogP contribution < -0.4 is 5.19 Å². The van der Waals surface area contributed by atoms with Gasteiger partial charge in [-0.2, -0.15) is 0 Å². The third-order valence-electron chi connectivity index (χ3n) is 5.64. The fourth-order valence-corrected chi connectivity index (χ4v) is 13.3. The Hall–Kier alpha value is -0.289. The van der Waals surface area contributed by atoms with Gasteiger partial charge in [0.15, 0.2) is 7.83 Å². The Balaban J connectivity index is 0.000000292. The van der Waals surface area contributed by atoms with Gasteiger partial charge in [0.25, 0.3) is 0 Å². The molecule has 7 heteroatoms. The molecule has 1 heterocycles. The molecular formula is C21H42O4Si3. The zero-order chi connectivity index (χ0) is 21.5. The van der Waals surface area contributed by atoms with Crippen molar-refractivity contribution in [2.24, 2.45) is 0 Å². The molecule has 0 atom stereocenters. The summed E-state index contributed by atoms with van der Waals surface area (Å²) in [5, 5.41) is 1.03. The fraction of sp³-hybridized carbons (Fsp3) is 0.714. The molecule has 1 saturated heterocycles. The lowest BCUT2D eigenvalue weighted by molar-refractivity contribution is 0.0858.